The number of morpholine rings is 1. The van der Waals surface area contributed by atoms with Gasteiger partial charge in [-0.05, 0) is 11.1 Å². The van der Waals surface area contributed by atoms with Crippen LogP contribution in [0, 0.1) is 0 Å². The van der Waals surface area contributed by atoms with Crippen molar-refractivity contribution in [3.8, 4) is 0 Å². The maximum atomic E-state index is 9.21. The van der Waals surface area contributed by atoms with Gasteiger partial charge in [0.1, 0.15) is 6.23 Å². The first-order chi connectivity index (χ1) is 7.31. The minimum atomic E-state index is -0.268. The molecule has 2 atom stereocenters. The van der Waals surface area contributed by atoms with Crippen molar-refractivity contribution in [1.29, 1.82) is 0 Å². The van der Waals surface area contributed by atoms with Crippen LogP contribution >= 0.6 is 0 Å². The van der Waals surface area contributed by atoms with E-state index in [-0.39, 0.29) is 18.9 Å². The van der Waals surface area contributed by atoms with E-state index in [4.69, 9.17) is 10.5 Å². The van der Waals surface area contributed by atoms with Crippen LogP contribution in [0.1, 0.15) is 17.2 Å². The van der Waals surface area contributed by atoms with Gasteiger partial charge < -0.3 is 20.9 Å². The molecule has 2 rings (SSSR count). The van der Waals surface area contributed by atoms with E-state index in [9.17, 15) is 5.11 Å². The summed E-state index contributed by atoms with van der Waals surface area (Å²) in [6.07, 6.45) is -0.326. The second-order valence-corrected chi connectivity index (χ2v) is 3.68. The molecule has 0 bridgehead atoms. The van der Waals surface area contributed by atoms with Crippen LogP contribution in [0.4, 0.5) is 0 Å². The number of hydrogen-bond acceptors (Lipinski definition) is 4. The van der Waals surface area contributed by atoms with E-state index >= 15 is 0 Å². The topological polar surface area (TPSA) is 67.5 Å². The first kappa shape index (κ1) is 10.6. The van der Waals surface area contributed by atoms with Crippen molar-refractivity contribution >= 4 is 0 Å². The molecule has 0 amide bonds. The molecule has 4 heteroatoms. The molecule has 1 fully saturated rings. The highest BCUT2D eigenvalue weighted by Gasteiger charge is 2.22. The lowest BCUT2D eigenvalue weighted by Gasteiger charge is -2.29. The van der Waals surface area contributed by atoms with Gasteiger partial charge in [-0.3, -0.25) is 0 Å². The van der Waals surface area contributed by atoms with Crippen molar-refractivity contribution in [1.82, 2.24) is 5.32 Å². The normalized spacial score (nSPS) is 26.5. The summed E-state index contributed by atoms with van der Waals surface area (Å²) in [6.45, 7) is 1.45. The summed E-state index contributed by atoms with van der Waals surface area (Å²) in [4.78, 5) is 0. The second kappa shape index (κ2) is 4.72. The molecule has 1 heterocycles. The zero-order valence-electron chi connectivity index (χ0n) is 8.52. The Morgan fingerprint density at radius 3 is 2.93 bits per heavy atom. The molecule has 1 saturated heterocycles. The van der Waals surface area contributed by atoms with Crippen molar-refractivity contribution in [2.24, 2.45) is 5.73 Å². The van der Waals surface area contributed by atoms with Crippen LogP contribution in [0.15, 0.2) is 24.3 Å². The number of nitrogens with two attached hydrogens (primary N) is 1. The van der Waals surface area contributed by atoms with Crippen LogP contribution in [0.25, 0.3) is 0 Å². The molecule has 0 radical (unpaired) electrons. The summed E-state index contributed by atoms with van der Waals surface area (Å²) < 4.78 is 5.62. The molecular weight excluding hydrogens is 192 g/mol. The minimum absolute atomic E-state index is 0.0330. The zero-order chi connectivity index (χ0) is 10.7. The summed E-state index contributed by atoms with van der Waals surface area (Å²) in [5.41, 5.74) is 7.62. The number of aliphatic hydroxyl groups excluding tert-OH is 1. The summed E-state index contributed by atoms with van der Waals surface area (Å²) in [5, 5.41) is 12.4. The minimum Gasteiger partial charge on any atom is -0.392 e. The number of aliphatic hydroxyl groups is 1. The Morgan fingerprint density at radius 1 is 1.40 bits per heavy atom. The number of ether oxygens (including phenoxy) is 1. The first-order valence-electron chi connectivity index (χ1n) is 5.11. The smallest absolute Gasteiger partial charge is 0.119 e. The highest BCUT2D eigenvalue weighted by Crippen LogP contribution is 2.23. The fourth-order valence-corrected chi connectivity index (χ4v) is 1.84. The summed E-state index contributed by atoms with van der Waals surface area (Å²) in [7, 11) is 0. The molecule has 1 aliphatic rings. The molecule has 0 spiro atoms. The lowest BCUT2D eigenvalue weighted by Crippen LogP contribution is -2.45. The van der Waals surface area contributed by atoms with Gasteiger partial charge in [-0.2, -0.15) is 0 Å². The standard InChI is InChI=1S/C11H16N2O2/c12-11-6-13-5-10(15-11)9-4-2-1-3-8(9)7-14/h1-4,10-11,13-14H,5-7,12H2. The van der Waals surface area contributed by atoms with E-state index < -0.39 is 0 Å². The average Bonchev–Trinajstić information content (AvgIpc) is 2.29. The molecule has 4 N–H and O–H groups in total. The Morgan fingerprint density at radius 2 is 2.20 bits per heavy atom. The largest absolute Gasteiger partial charge is 0.392 e. The summed E-state index contributed by atoms with van der Waals surface area (Å²) in [6, 6.07) is 7.72. The number of nitrogens with one attached hydrogen (secondary N) is 1. The molecule has 1 aromatic carbocycles. The monoisotopic (exact) mass is 208 g/mol. The molecule has 82 valence electrons. The fourth-order valence-electron chi connectivity index (χ4n) is 1.84. The average molecular weight is 208 g/mol. The van der Waals surface area contributed by atoms with Crippen LogP contribution in [0.3, 0.4) is 0 Å². The summed E-state index contributed by atoms with van der Waals surface area (Å²) in [5.74, 6) is 0. The van der Waals surface area contributed by atoms with Gasteiger partial charge in [0, 0.05) is 13.1 Å². The third-order valence-electron chi connectivity index (χ3n) is 2.59. The highest BCUT2D eigenvalue weighted by atomic mass is 16.5. The van der Waals surface area contributed by atoms with Gasteiger partial charge in [0.05, 0.1) is 12.7 Å². The van der Waals surface area contributed by atoms with E-state index in [2.05, 4.69) is 5.32 Å². The lowest BCUT2D eigenvalue weighted by atomic mass is 10.0. The third-order valence-corrected chi connectivity index (χ3v) is 2.59. The zero-order valence-corrected chi connectivity index (χ0v) is 8.52. The van der Waals surface area contributed by atoms with E-state index in [1.54, 1.807) is 0 Å². The Kier molecular flexibility index (Phi) is 3.33. The molecule has 2 unspecified atom stereocenters. The van der Waals surface area contributed by atoms with Gasteiger partial charge in [-0.25, -0.2) is 0 Å². The van der Waals surface area contributed by atoms with Crippen molar-refractivity contribution in [3.63, 3.8) is 0 Å². The van der Waals surface area contributed by atoms with Gasteiger partial charge in [-0.1, -0.05) is 24.3 Å². The van der Waals surface area contributed by atoms with Gasteiger partial charge >= 0.3 is 0 Å². The van der Waals surface area contributed by atoms with Crippen molar-refractivity contribution < 1.29 is 9.84 Å². The molecule has 0 aromatic heterocycles. The summed E-state index contributed by atoms with van der Waals surface area (Å²) >= 11 is 0. The van der Waals surface area contributed by atoms with Crippen LogP contribution < -0.4 is 11.1 Å². The van der Waals surface area contributed by atoms with Crippen molar-refractivity contribution in [2.45, 2.75) is 18.9 Å². The van der Waals surface area contributed by atoms with E-state index in [0.717, 1.165) is 17.7 Å². The molecule has 1 aliphatic heterocycles. The molecule has 15 heavy (non-hydrogen) atoms. The van der Waals surface area contributed by atoms with E-state index in [1.807, 2.05) is 24.3 Å². The second-order valence-electron chi connectivity index (χ2n) is 3.68. The maximum absolute atomic E-state index is 9.21. The molecule has 0 aliphatic carbocycles. The number of benzene rings is 1. The number of hydrogen-bond donors (Lipinski definition) is 3. The van der Waals surface area contributed by atoms with Gasteiger partial charge in [0.25, 0.3) is 0 Å². The quantitative estimate of drug-likeness (QED) is 0.646. The Labute approximate surface area is 89.0 Å². The molecule has 1 aromatic rings. The van der Waals surface area contributed by atoms with Gasteiger partial charge in [-0.15, -0.1) is 0 Å². The number of rotatable bonds is 2. The highest BCUT2D eigenvalue weighted by molar-refractivity contribution is 5.29. The van der Waals surface area contributed by atoms with Crippen molar-refractivity contribution in [3.05, 3.63) is 35.4 Å². The predicted molar refractivity (Wildman–Crippen MR) is 57.0 cm³/mol. The maximum Gasteiger partial charge on any atom is 0.119 e. The molecular formula is C11H16N2O2. The van der Waals surface area contributed by atoms with E-state index in [1.165, 1.54) is 0 Å². The third kappa shape index (κ3) is 2.35. The lowest BCUT2D eigenvalue weighted by molar-refractivity contribution is -0.0358. The predicted octanol–water partition coefficient (Wildman–Crippen LogP) is 0.125. The molecule has 4 nitrogen and oxygen atoms in total. The Bertz CT molecular complexity index is 330. The van der Waals surface area contributed by atoms with Gasteiger partial charge in [0.2, 0.25) is 0 Å². The first-order valence-corrected chi connectivity index (χ1v) is 5.11. The van der Waals surface area contributed by atoms with Crippen molar-refractivity contribution in [2.75, 3.05) is 13.1 Å². The van der Waals surface area contributed by atoms with Crippen LogP contribution in [-0.2, 0) is 11.3 Å². The SMILES string of the molecule is NC1CNCC(c2ccccc2CO)O1. The van der Waals surface area contributed by atoms with Crippen LogP contribution in [0.2, 0.25) is 0 Å². The Hall–Kier alpha value is -0.940. The Balaban J connectivity index is 2.20. The van der Waals surface area contributed by atoms with Crippen LogP contribution in [-0.4, -0.2) is 24.4 Å². The van der Waals surface area contributed by atoms with E-state index in [0.29, 0.717) is 6.54 Å². The van der Waals surface area contributed by atoms with Crippen LogP contribution in [0.5, 0.6) is 0 Å². The fraction of sp³-hybridized carbons (Fsp3) is 0.455. The molecule has 0 saturated carbocycles. The van der Waals surface area contributed by atoms with Gasteiger partial charge in [0.15, 0.2) is 0 Å².